The molecule has 0 unspecified atom stereocenters. The number of ether oxygens (including phenoxy) is 1. The molecule has 1 saturated heterocycles. The zero-order chi connectivity index (χ0) is 21.3. The maximum absolute atomic E-state index is 12.4. The molecule has 0 aromatic carbocycles. The van der Waals surface area contributed by atoms with Gasteiger partial charge >= 0.3 is 6.09 Å². The Hall–Kier alpha value is -2.29. The Balaban J connectivity index is 1.77. The van der Waals surface area contributed by atoms with E-state index in [1.807, 2.05) is 26.8 Å². The summed E-state index contributed by atoms with van der Waals surface area (Å²) in [6, 6.07) is 1.90. The van der Waals surface area contributed by atoms with Gasteiger partial charge in [0.25, 0.3) is 0 Å². The predicted octanol–water partition coefficient (Wildman–Crippen LogP) is 2.01. The van der Waals surface area contributed by atoms with E-state index in [0.717, 1.165) is 50.8 Å². The zero-order valence-corrected chi connectivity index (χ0v) is 18.5. The SMILES string of the molecule is CCCN(CCNC(=NC)N1CCN(Cc2ccon2)CC1)C(=O)OC(C)(C)C. The minimum absolute atomic E-state index is 0.266. The van der Waals surface area contributed by atoms with E-state index in [2.05, 4.69) is 32.2 Å². The molecule has 0 atom stereocenters. The number of aromatic nitrogens is 1. The summed E-state index contributed by atoms with van der Waals surface area (Å²) in [5, 5.41) is 7.37. The second-order valence-electron chi connectivity index (χ2n) is 8.20. The second-order valence-corrected chi connectivity index (χ2v) is 8.20. The average Bonchev–Trinajstić information content (AvgIpc) is 3.17. The van der Waals surface area contributed by atoms with Gasteiger partial charge in [0.15, 0.2) is 5.96 Å². The molecule has 9 heteroatoms. The molecule has 0 bridgehead atoms. The Morgan fingerprint density at radius 2 is 2.03 bits per heavy atom. The summed E-state index contributed by atoms with van der Waals surface area (Å²) in [5.74, 6) is 0.867. The van der Waals surface area contributed by atoms with Crippen LogP contribution in [0.2, 0.25) is 0 Å². The van der Waals surface area contributed by atoms with Gasteiger partial charge in [-0.1, -0.05) is 12.1 Å². The van der Waals surface area contributed by atoms with Crippen LogP contribution in [0.5, 0.6) is 0 Å². The fraction of sp³-hybridized carbons (Fsp3) is 0.750. The van der Waals surface area contributed by atoms with Crippen LogP contribution in [0.15, 0.2) is 21.8 Å². The molecule has 1 aliphatic heterocycles. The number of guanidine groups is 1. The van der Waals surface area contributed by atoms with E-state index in [-0.39, 0.29) is 6.09 Å². The van der Waals surface area contributed by atoms with Gasteiger partial charge in [-0.3, -0.25) is 9.89 Å². The lowest BCUT2D eigenvalue weighted by molar-refractivity contribution is 0.0253. The molecule has 1 aromatic rings. The van der Waals surface area contributed by atoms with Crippen molar-refractivity contribution in [3.05, 3.63) is 18.0 Å². The van der Waals surface area contributed by atoms with Gasteiger partial charge in [-0.05, 0) is 27.2 Å². The number of hydrogen-bond donors (Lipinski definition) is 1. The van der Waals surface area contributed by atoms with Crippen LogP contribution in [0.4, 0.5) is 4.79 Å². The zero-order valence-electron chi connectivity index (χ0n) is 18.5. The Morgan fingerprint density at radius 1 is 1.31 bits per heavy atom. The highest BCUT2D eigenvalue weighted by atomic mass is 16.6. The third-order valence-corrected chi connectivity index (χ3v) is 4.57. The van der Waals surface area contributed by atoms with Crippen LogP contribution in [0.1, 0.15) is 39.8 Å². The van der Waals surface area contributed by atoms with Crippen molar-refractivity contribution in [2.45, 2.75) is 46.3 Å². The lowest BCUT2D eigenvalue weighted by Gasteiger charge is -2.36. The van der Waals surface area contributed by atoms with Crippen LogP contribution in [-0.2, 0) is 11.3 Å². The number of piperazine rings is 1. The van der Waals surface area contributed by atoms with Crippen molar-refractivity contribution in [2.75, 3.05) is 52.9 Å². The molecule has 0 spiro atoms. The topological polar surface area (TPSA) is 86.4 Å². The first kappa shape index (κ1) is 23.0. The number of carbonyl (C=O) groups is 1. The molecule has 1 N–H and O–H groups in total. The summed E-state index contributed by atoms with van der Waals surface area (Å²) in [4.78, 5) is 23.1. The maximum atomic E-state index is 12.4. The van der Waals surface area contributed by atoms with Crippen molar-refractivity contribution in [1.29, 1.82) is 0 Å². The number of amides is 1. The summed E-state index contributed by atoms with van der Waals surface area (Å²) in [6.07, 6.45) is 2.23. The number of nitrogens with one attached hydrogen (secondary N) is 1. The van der Waals surface area contributed by atoms with Crippen LogP contribution in [0, 0.1) is 0 Å². The van der Waals surface area contributed by atoms with E-state index in [1.54, 1.807) is 18.2 Å². The van der Waals surface area contributed by atoms with Gasteiger partial charge in [0, 0.05) is 65.5 Å². The second kappa shape index (κ2) is 11.0. The molecule has 29 heavy (non-hydrogen) atoms. The van der Waals surface area contributed by atoms with Crippen molar-refractivity contribution < 1.29 is 14.1 Å². The van der Waals surface area contributed by atoms with Gasteiger partial charge in [0.2, 0.25) is 0 Å². The number of carbonyl (C=O) groups excluding carboxylic acids is 1. The molecule has 1 aliphatic rings. The van der Waals surface area contributed by atoms with Crippen molar-refractivity contribution >= 4 is 12.1 Å². The highest BCUT2D eigenvalue weighted by molar-refractivity contribution is 5.80. The molecule has 1 amide bonds. The standard InChI is InChI=1S/C20H36N6O3/c1-6-9-26(19(27)29-20(2,3)4)10-8-22-18(21-5)25-13-11-24(12-14-25)16-17-7-15-28-23-17/h7,15H,6,8-14,16H2,1-5H3,(H,21,22). The summed E-state index contributed by atoms with van der Waals surface area (Å²) in [5.41, 5.74) is 0.470. The van der Waals surface area contributed by atoms with Crippen molar-refractivity contribution in [3.63, 3.8) is 0 Å². The molecule has 2 rings (SSSR count). The van der Waals surface area contributed by atoms with Crippen LogP contribution >= 0.6 is 0 Å². The van der Waals surface area contributed by atoms with Crippen LogP contribution < -0.4 is 5.32 Å². The minimum Gasteiger partial charge on any atom is -0.444 e. The van der Waals surface area contributed by atoms with E-state index in [1.165, 1.54) is 0 Å². The van der Waals surface area contributed by atoms with E-state index in [9.17, 15) is 4.79 Å². The Labute approximate surface area is 174 Å². The van der Waals surface area contributed by atoms with E-state index < -0.39 is 5.60 Å². The van der Waals surface area contributed by atoms with Gasteiger partial charge in [-0.25, -0.2) is 4.79 Å². The summed E-state index contributed by atoms with van der Waals surface area (Å²) in [7, 11) is 1.79. The molecule has 0 aliphatic carbocycles. The first-order valence-electron chi connectivity index (χ1n) is 10.4. The third kappa shape index (κ3) is 7.92. The first-order valence-corrected chi connectivity index (χ1v) is 10.4. The highest BCUT2D eigenvalue weighted by Crippen LogP contribution is 2.10. The molecule has 2 heterocycles. The monoisotopic (exact) mass is 408 g/mol. The lowest BCUT2D eigenvalue weighted by Crippen LogP contribution is -2.53. The quantitative estimate of drug-likeness (QED) is 0.545. The summed E-state index contributed by atoms with van der Waals surface area (Å²) < 4.78 is 10.4. The molecular formula is C20H36N6O3. The van der Waals surface area contributed by atoms with Crippen LogP contribution in [-0.4, -0.2) is 90.4 Å². The number of hydrogen-bond acceptors (Lipinski definition) is 6. The van der Waals surface area contributed by atoms with Crippen molar-refractivity contribution in [3.8, 4) is 0 Å². The number of rotatable bonds is 7. The maximum Gasteiger partial charge on any atom is 0.410 e. The molecule has 0 radical (unpaired) electrons. The van der Waals surface area contributed by atoms with Crippen molar-refractivity contribution in [1.82, 2.24) is 25.2 Å². The van der Waals surface area contributed by atoms with E-state index >= 15 is 0 Å². The van der Waals surface area contributed by atoms with Gasteiger partial charge in [-0.2, -0.15) is 0 Å². The summed E-state index contributed by atoms with van der Waals surface area (Å²) in [6.45, 7) is 14.1. The van der Waals surface area contributed by atoms with Gasteiger partial charge in [0.1, 0.15) is 11.9 Å². The largest absolute Gasteiger partial charge is 0.444 e. The fourth-order valence-corrected chi connectivity index (χ4v) is 3.19. The molecule has 164 valence electrons. The normalized spacial score (nSPS) is 16.0. The Bertz CT molecular complexity index is 633. The van der Waals surface area contributed by atoms with Gasteiger partial charge < -0.3 is 24.4 Å². The van der Waals surface area contributed by atoms with E-state index in [0.29, 0.717) is 19.6 Å². The van der Waals surface area contributed by atoms with E-state index in [4.69, 9.17) is 9.26 Å². The fourth-order valence-electron chi connectivity index (χ4n) is 3.19. The molecular weight excluding hydrogens is 372 g/mol. The summed E-state index contributed by atoms with van der Waals surface area (Å²) >= 11 is 0. The average molecular weight is 409 g/mol. The molecule has 1 aromatic heterocycles. The van der Waals surface area contributed by atoms with Gasteiger partial charge in [-0.15, -0.1) is 0 Å². The number of aliphatic imine (C=N–C) groups is 1. The van der Waals surface area contributed by atoms with Crippen molar-refractivity contribution in [2.24, 2.45) is 4.99 Å². The van der Waals surface area contributed by atoms with Crippen LogP contribution in [0.25, 0.3) is 0 Å². The predicted molar refractivity (Wildman–Crippen MR) is 113 cm³/mol. The molecule has 9 nitrogen and oxygen atoms in total. The first-order chi connectivity index (χ1) is 13.8. The van der Waals surface area contributed by atoms with Crippen LogP contribution in [0.3, 0.4) is 0 Å². The molecule has 1 fully saturated rings. The Morgan fingerprint density at radius 3 is 2.59 bits per heavy atom. The lowest BCUT2D eigenvalue weighted by atomic mass is 10.2. The Kier molecular flexibility index (Phi) is 8.75. The minimum atomic E-state index is -0.488. The number of nitrogens with zero attached hydrogens (tertiary/aromatic N) is 5. The third-order valence-electron chi connectivity index (χ3n) is 4.57. The molecule has 0 saturated carbocycles. The highest BCUT2D eigenvalue weighted by Gasteiger charge is 2.23. The van der Waals surface area contributed by atoms with Gasteiger partial charge in [0.05, 0.1) is 5.69 Å². The smallest absolute Gasteiger partial charge is 0.410 e.